The van der Waals surface area contributed by atoms with E-state index in [2.05, 4.69) is 10.4 Å². The minimum Gasteiger partial charge on any atom is -0.504 e. The molecule has 0 atom stereocenters. The number of aromatic hydroxyl groups is 1. The molecule has 0 aliphatic rings. The van der Waals surface area contributed by atoms with Gasteiger partial charge in [-0.1, -0.05) is 0 Å². The number of rotatable bonds is 5. The van der Waals surface area contributed by atoms with Gasteiger partial charge in [-0.05, 0) is 37.7 Å². The van der Waals surface area contributed by atoms with Crippen LogP contribution in [0, 0.1) is 12.7 Å². The van der Waals surface area contributed by atoms with Gasteiger partial charge in [0.25, 0.3) is 5.91 Å². The molecule has 6 nitrogen and oxygen atoms in total. The summed E-state index contributed by atoms with van der Waals surface area (Å²) in [7, 11) is 3.43. The molecule has 7 heteroatoms. The lowest BCUT2D eigenvalue weighted by molar-refractivity contribution is 0.0787. The van der Waals surface area contributed by atoms with Crippen molar-refractivity contribution in [1.29, 1.82) is 0 Å². The highest BCUT2D eigenvalue weighted by atomic mass is 19.1. The monoisotopic (exact) mass is 306 g/mol. The fourth-order valence-electron chi connectivity index (χ4n) is 2.08. The zero-order valence-corrected chi connectivity index (χ0v) is 12.8. The van der Waals surface area contributed by atoms with Gasteiger partial charge in [0.05, 0.1) is 11.9 Å². The maximum absolute atomic E-state index is 13.2. The normalized spacial score (nSPS) is 10.7. The maximum atomic E-state index is 13.2. The molecule has 0 radical (unpaired) electrons. The third-order valence-electron chi connectivity index (χ3n) is 3.35. The number of nitrogens with one attached hydrogen (secondary N) is 1. The van der Waals surface area contributed by atoms with E-state index in [1.165, 1.54) is 27.9 Å². The first-order valence-electron chi connectivity index (χ1n) is 6.89. The van der Waals surface area contributed by atoms with Gasteiger partial charge in [0.2, 0.25) is 0 Å². The average Bonchev–Trinajstić information content (AvgIpc) is 2.85. The van der Waals surface area contributed by atoms with Crippen molar-refractivity contribution in [2.75, 3.05) is 27.2 Å². The highest BCUT2D eigenvalue weighted by Crippen LogP contribution is 2.21. The van der Waals surface area contributed by atoms with Crippen molar-refractivity contribution in [3.8, 4) is 11.4 Å². The van der Waals surface area contributed by atoms with Crippen LogP contribution in [0.15, 0.2) is 24.4 Å². The number of likely N-dealkylation sites (N-methyl/N-ethyl adjacent to an activating group) is 2. The molecule has 2 aromatic rings. The first kappa shape index (κ1) is 16.0. The molecule has 0 aliphatic carbocycles. The van der Waals surface area contributed by atoms with Gasteiger partial charge in [0.15, 0.2) is 11.4 Å². The molecule has 0 spiro atoms. The molecule has 0 unspecified atom stereocenters. The van der Waals surface area contributed by atoms with E-state index in [-0.39, 0.29) is 23.2 Å². The van der Waals surface area contributed by atoms with E-state index in [1.807, 2.05) is 0 Å². The van der Waals surface area contributed by atoms with Crippen LogP contribution in [0.3, 0.4) is 0 Å². The standard InChI is InChI=1S/C15H19FN4O2/c1-10-8-11(16)4-5-12(10)20-9-13(21)14(18-20)15(22)19(3)7-6-17-2/h4-5,8-9,17,21H,6-7H2,1-3H3. The van der Waals surface area contributed by atoms with Gasteiger partial charge in [0.1, 0.15) is 5.82 Å². The molecule has 1 aromatic carbocycles. The number of carbonyl (C=O) groups is 1. The van der Waals surface area contributed by atoms with Crippen molar-refractivity contribution >= 4 is 5.91 Å². The van der Waals surface area contributed by atoms with E-state index in [4.69, 9.17) is 0 Å². The summed E-state index contributed by atoms with van der Waals surface area (Å²) in [5.41, 5.74) is 1.24. The number of nitrogens with zero attached hydrogens (tertiary/aromatic N) is 3. The molecule has 1 heterocycles. The van der Waals surface area contributed by atoms with E-state index in [9.17, 15) is 14.3 Å². The van der Waals surface area contributed by atoms with Crippen LogP contribution in [0.5, 0.6) is 5.75 Å². The Balaban J connectivity index is 2.29. The lowest BCUT2D eigenvalue weighted by atomic mass is 10.2. The number of aromatic nitrogens is 2. The van der Waals surface area contributed by atoms with Crippen molar-refractivity contribution < 1.29 is 14.3 Å². The average molecular weight is 306 g/mol. The summed E-state index contributed by atoms with van der Waals surface area (Å²) in [6, 6.07) is 4.23. The van der Waals surface area contributed by atoms with Gasteiger partial charge >= 0.3 is 0 Å². The van der Waals surface area contributed by atoms with Crippen LogP contribution in [0.2, 0.25) is 0 Å². The second kappa shape index (κ2) is 6.57. The van der Waals surface area contributed by atoms with Crippen molar-refractivity contribution in [1.82, 2.24) is 20.0 Å². The molecule has 0 bridgehead atoms. The smallest absolute Gasteiger partial charge is 0.278 e. The van der Waals surface area contributed by atoms with Crippen LogP contribution in [-0.4, -0.2) is 52.9 Å². The molecule has 2 N–H and O–H groups in total. The number of amides is 1. The molecule has 0 saturated carbocycles. The highest BCUT2D eigenvalue weighted by Gasteiger charge is 2.20. The Bertz CT molecular complexity index is 684. The molecule has 2 rings (SSSR count). The van der Waals surface area contributed by atoms with Gasteiger partial charge in [-0.25, -0.2) is 9.07 Å². The summed E-state index contributed by atoms with van der Waals surface area (Å²) >= 11 is 0. The third-order valence-corrected chi connectivity index (χ3v) is 3.35. The topological polar surface area (TPSA) is 70.4 Å². The largest absolute Gasteiger partial charge is 0.504 e. The van der Waals surface area contributed by atoms with Crippen molar-refractivity contribution in [3.63, 3.8) is 0 Å². The molecule has 1 aromatic heterocycles. The van der Waals surface area contributed by atoms with Gasteiger partial charge < -0.3 is 15.3 Å². The number of halogens is 1. The van der Waals surface area contributed by atoms with Gasteiger partial charge in [-0.2, -0.15) is 5.10 Å². The van der Waals surface area contributed by atoms with Crippen LogP contribution in [0.25, 0.3) is 5.69 Å². The van der Waals surface area contributed by atoms with E-state index in [1.54, 1.807) is 27.1 Å². The predicted octanol–water partition coefficient (Wildman–Crippen LogP) is 1.32. The minimum absolute atomic E-state index is 0.0256. The van der Waals surface area contributed by atoms with Gasteiger partial charge in [-0.3, -0.25) is 4.79 Å². The summed E-state index contributed by atoms with van der Waals surface area (Å²) in [4.78, 5) is 13.7. The Morgan fingerprint density at radius 2 is 2.23 bits per heavy atom. The third kappa shape index (κ3) is 3.25. The molecule has 0 aliphatic heterocycles. The predicted molar refractivity (Wildman–Crippen MR) is 80.8 cm³/mol. The van der Waals surface area contributed by atoms with Crippen molar-refractivity contribution in [2.45, 2.75) is 6.92 Å². The number of benzene rings is 1. The Kier molecular flexibility index (Phi) is 4.77. The Labute approximate surface area is 128 Å². The van der Waals surface area contributed by atoms with E-state index in [0.717, 1.165) is 0 Å². The Morgan fingerprint density at radius 3 is 2.86 bits per heavy atom. The van der Waals surface area contributed by atoms with Crippen LogP contribution < -0.4 is 5.32 Å². The SMILES string of the molecule is CNCCN(C)C(=O)c1nn(-c2ccc(F)cc2C)cc1O. The van der Waals surface area contributed by atoms with Crippen LogP contribution in [0.4, 0.5) is 4.39 Å². The highest BCUT2D eigenvalue weighted by molar-refractivity contribution is 5.94. The first-order valence-corrected chi connectivity index (χ1v) is 6.89. The zero-order valence-electron chi connectivity index (χ0n) is 12.8. The minimum atomic E-state index is -0.369. The molecular formula is C15H19FN4O2. The fourth-order valence-corrected chi connectivity index (χ4v) is 2.08. The first-order chi connectivity index (χ1) is 10.4. The Hall–Kier alpha value is -2.41. The summed E-state index contributed by atoms with van der Waals surface area (Å²) in [5.74, 6) is -0.919. The second-order valence-electron chi connectivity index (χ2n) is 5.07. The van der Waals surface area contributed by atoms with E-state index >= 15 is 0 Å². The summed E-state index contributed by atoms with van der Waals surface area (Å²) in [5, 5.41) is 17.0. The van der Waals surface area contributed by atoms with E-state index < -0.39 is 0 Å². The lowest BCUT2D eigenvalue weighted by Crippen LogP contribution is -2.33. The number of hydrogen-bond donors (Lipinski definition) is 2. The van der Waals surface area contributed by atoms with Gasteiger partial charge in [-0.15, -0.1) is 0 Å². The maximum Gasteiger partial charge on any atom is 0.278 e. The van der Waals surface area contributed by atoms with Crippen LogP contribution >= 0.6 is 0 Å². The van der Waals surface area contributed by atoms with Crippen molar-refractivity contribution in [3.05, 3.63) is 41.5 Å². The summed E-state index contributed by atoms with van der Waals surface area (Å²) in [6.45, 7) is 2.87. The molecule has 0 saturated heterocycles. The van der Waals surface area contributed by atoms with Crippen LogP contribution in [0.1, 0.15) is 16.1 Å². The van der Waals surface area contributed by atoms with E-state index in [0.29, 0.717) is 24.3 Å². The van der Waals surface area contributed by atoms with Crippen molar-refractivity contribution in [2.24, 2.45) is 0 Å². The van der Waals surface area contributed by atoms with Gasteiger partial charge in [0, 0.05) is 20.1 Å². The number of aryl methyl sites for hydroxylation is 1. The fraction of sp³-hybridized carbons (Fsp3) is 0.333. The molecular weight excluding hydrogens is 287 g/mol. The molecule has 22 heavy (non-hydrogen) atoms. The number of hydrogen-bond acceptors (Lipinski definition) is 4. The molecule has 0 fully saturated rings. The Morgan fingerprint density at radius 1 is 1.50 bits per heavy atom. The summed E-state index contributed by atoms with van der Waals surface area (Å²) in [6.07, 6.45) is 1.35. The lowest BCUT2D eigenvalue weighted by Gasteiger charge is -2.15. The van der Waals surface area contributed by atoms with Crippen LogP contribution in [-0.2, 0) is 0 Å². The number of carbonyl (C=O) groups excluding carboxylic acids is 1. The quantitative estimate of drug-likeness (QED) is 0.874. The zero-order chi connectivity index (χ0) is 16.3. The second-order valence-corrected chi connectivity index (χ2v) is 5.07. The summed E-state index contributed by atoms with van der Waals surface area (Å²) < 4.78 is 14.5. The molecule has 1 amide bonds. The molecule has 118 valence electrons.